The summed E-state index contributed by atoms with van der Waals surface area (Å²) in [7, 11) is 0. The van der Waals surface area contributed by atoms with E-state index in [0.717, 1.165) is 39.0 Å². The predicted octanol–water partition coefficient (Wildman–Crippen LogP) is 5.36. The Bertz CT molecular complexity index is 1880. The summed E-state index contributed by atoms with van der Waals surface area (Å²) in [5.41, 5.74) is 12.0. The Morgan fingerprint density at radius 1 is 0.892 bits per heavy atom. The quantitative estimate of drug-likeness (QED) is 0.349. The molecule has 7 heteroatoms. The number of aryl methyl sites for hydroxylation is 2. The lowest BCUT2D eigenvalue weighted by atomic mass is 10.1. The number of nitrogens with two attached hydrogens (primary N) is 1. The van der Waals surface area contributed by atoms with Gasteiger partial charge in [0.25, 0.3) is 5.56 Å². The van der Waals surface area contributed by atoms with Gasteiger partial charge in [0, 0.05) is 17.5 Å². The maximum atomic E-state index is 14.0. The van der Waals surface area contributed by atoms with E-state index in [0.29, 0.717) is 28.8 Å². The number of phenolic OH excluding ortho intramolecular Hbond substituents is 1. The molecule has 3 aromatic heterocycles. The summed E-state index contributed by atoms with van der Waals surface area (Å²) in [5, 5.41) is 17.3. The van der Waals surface area contributed by atoms with Crippen molar-refractivity contribution < 1.29 is 5.11 Å². The van der Waals surface area contributed by atoms with Crippen LogP contribution in [0.1, 0.15) is 16.8 Å². The molecule has 0 saturated carbocycles. The second kappa shape index (κ2) is 8.64. The van der Waals surface area contributed by atoms with E-state index in [4.69, 9.17) is 10.8 Å². The number of nitrogen functional groups attached to an aromatic ring is 1. The van der Waals surface area contributed by atoms with Crippen molar-refractivity contribution in [2.45, 2.75) is 20.4 Å². The van der Waals surface area contributed by atoms with Gasteiger partial charge in [0.2, 0.25) is 0 Å². The number of aromatic nitrogens is 4. The molecule has 0 aliphatic rings. The van der Waals surface area contributed by atoms with Gasteiger partial charge in [0.1, 0.15) is 17.3 Å². The fourth-order valence-electron chi connectivity index (χ4n) is 5.06. The molecule has 0 aliphatic heterocycles. The van der Waals surface area contributed by atoms with Gasteiger partial charge < -0.3 is 10.8 Å². The Labute approximate surface area is 213 Å². The number of nitrogens with zero attached hydrogens (tertiary/aromatic N) is 4. The van der Waals surface area contributed by atoms with Gasteiger partial charge in [-0.25, -0.2) is 4.98 Å². The minimum atomic E-state index is -0.0641. The van der Waals surface area contributed by atoms with Crippen molar-refractivity contribution in [2.24, 2.45) is 0 Å². The first-order valence-corrected chi connectivity index (χ1v) is 12.0. The Hall–Kier alpha value is -4.91. The van der Waals surface area contributed by atoms with Crippen LogP contribution in [0.25, 0.3) is 38.6 Å². The molecule has 0 radical (unpaired) electrons. The van der Waals surface area contributed by atoms with E-state index in [1.165, 1.54) is 0 Å². The summed E-state index contributed by atoms with van der Waals surface area (Å²) in [6.07, 6.45) is 1.65. The van der Waals surface area contributed by atoms with Gasteiger partial charge in [-0.1, -0.05) is 48.5 Å². The molecule has 0 atom stereocenters. The fourth-order valence-corrected chi connectivity index (χ4v) is 5.06. The molecule has 6 aromatic rings. The Kier molecular flexibility index (Phi) is 5.26. The van der Waals surface area contributed by atoms with Gasteiger partial charge in [0.15, 0.2) is 0 Å². The number of hydrogen-bond acceptors (Lipinski definition) is 5. The molecule has 0 spiro atoms. The second-order valence-corrected chi connectivity index (χ2v) is 9.25. The van der Waals surface area contributed by atoms with Crippen LogP contribution >= 0.6 is 0 Å². The van der Waals surface area contributed by atoms with Crippen LogP contribution in [0, 0.1) is 13.8 Å². The lowest BCUT2D eigenvalue weighted by Gasteiger charge is -2.18. The highest BCUT2D eigenvalue weighted by Crippen LogP contribution is 2.33. The zero-order chi connectivity index (χ0) is 25.7. The van der Waals surface area contributed by atoms with Crippen molar-refractivity contribution >= 4 is 27.5 Å². The molecule has 3 N–H and O–H groups in total. The molecule has 37 heavy (non-hydrogen) atoms. The average Bonchev–Trinajstić information content (AvgIpc) is 3.25. The SMILES string of the molecule is Cc1ccccc1-n1c(Cn2nc(-c3cccc(O)c3)c3c(N)nccc32)cc2cccc(C)c2c1=O. The number of pyridine rings is 2. The number of fused-ring (bicyclic) bond motifs is 2. The number of phenols is 1. The first-order valence-electron chi connectivity index (χ1n) is 12.0. The van der Waals surface area contributed by atoms with Gasteiger partial charge >= 0.3 is 0 Å². The molecule has 182 valence electrons. The molecule has 0 saturated heterocycles. The minimum Gasteiger partial charge on any atom is -0.508 e. The molecular formula is C30H25N5O2. The van der Waals surface area contributed by atoms with Crippen LogP contribution in [0.3, 0.4) is 0 Å². The average molecular weight is 488 g/mol. The van der Waals surface area contributed by atoms with E-state index in [-0.39, 0.29) is 11.3 Å². The van der Waals surface area contributed by atoms with Gasteiger partial charge in [0.05, 0.1) is 28.5 Å². The van der Waals surface area contributed by atoms with Crippen LogP contribution in [-0.4, -0.2) is 24.4 Å². The fraction of sp³-hybridized carbons (Fsp3) is 0.100. The number of anilines is 1. The first kappa shape index (κ1) is 22.5. The third kappa shape index (κ3) is 3.72. The first-order chi connectivity index (χ1) is 17.9. The number of aromatic hydroxyl groups is 1. The lowest BCUT2D eigenvalue weighted by Crippen LogP contribution is -2.25. The Morgan fingerprint density at radius 2 is 1.68 bits per heavy atom. The summed E-state index contributed by atoms with van der Waals surface area (Å²) in [5.74, 6) is 0.494. The number of rotatable bonds is 4. The van der Waals surface area contributed by atoms with Crippen molar-refractivity contribution in [3.63, 3.8) is 0 Å². The van der Waals surface area contributed by atoms with E-state index in [2.05, 4.69) is 11.1 Å². The zero-order valence-corrected chi connectivity index (χ0v) is 20.5. The number of hydrogen-bond donors (Lipinski definition) is 2. The van der Waals surface area contributed by atoms with Gasteiger partial charge in [-0.2, -0.15) is 5.10 Å². The van der Waals surface area contributed by atoms with E-state index in [1.807, 2.05) is 73.1 Å². The summed E-state index contributed by atoms with van der Waals surface area (Å²) >= 11 is 0. The highest BCUT2D eigenvalue weighted by Gasteiger charge is 2.19. The molecule has 0 fully saturated rings. The van der Waals surface area contributed by atoms with E-state index in [9.17, 15) is 9.90 Å². The van der Waals surface area contributed by atoms with E-state index < -0.39 is 0 Å². The van der Waals surface area contributed by atoms with E-state index >= 15 is 0 Å². The second-order valence-electron chi connectivity index (χ2n) is 9.25. The largest absolute Gasteiger partial charge is 0.508 e. The van der Waals surface area contributed by atoms with Gasteiger partial charge in [-0.3, -0.25) is 14.0 Å². The molecule has 0 bridgehead atoms. The molecule has 0 amide bonds. The molecular weight excluding hydrogens is 462 g/mol. The normalized spacial score (nSPS) is 11.4. The Balaban J connectivity index is 1.63. The summed E-state index contributed by atoms with van der Waals surface area (Å²) in [4.78, 5) is 18.3. The van der Waals surface area contributed by atoms with Crippen molar-refractivity contribution in [2.75, 3.05) is 5.73 Å². The third-order valence-electron chi connectivity index (χ3n) is 6.81. The van der Waals surface area contributed by atoms with Crippen LogP contribution in [0.2, 0.25) is 0 Å². The zero-order valence-electron chi connectivity index (χ0n) is 20.5. The minimum absolute atomic E-state index is 0.0641. The van der Waals surface area contributed by atoms with Gasteiger partial charge in [-0.05, 0) is 60.7 Å². The highest BCUT2D eigenvalue weighted by atomic mass is 16.3. The smallest absolute Gasteiger partial charge is 0.263 e. The van der Waals surface area contributed by atoms with Crippen molar-refractivity contribution in [3.8, 4) is 22.7 Å². The summed E-state index contributed by atoms with van der Waals surface area (Å²) in [6.45, 7) is 4.29. The lowest BCUT2D eigenvalue weighted by molar-refractivity contribution is 0.475. The third-order valence-corrected chi connectivity index (χ3v) is 6.81. The van der Waals surface area contributed by atoms with Crippen LogP contribution < -0.4 is 11.3 Å². The molecule has 7 nitrogen and oxygen atoms in total. The van der Waals surface area contributed by atoms with Gasteiger partial charge in [-0.15, -0.1) is 0 Å². The molecule has 0 aliphatic carbocycles. The van der Waals surface area contributed by atoms with Crippen LogP contribution in [0.5, 0.6) is 5.75 Å². The summed E-state index contributed by atoms with van der Waals surface area (Å²) < 4.78 is 3.63. The molecule has 0 unspecified atom stereocenters. The summed E-state index contributed by atoms with van der Waals surface area (Å²) in [6, 6.07) is 24.6. The van der Waals surface area contributed by atoms with Crippen LogP contribution in [0.15, 0.2) is 89.9 Å². The monoisotopic (exact) mass is 487 g/mol. The predicted molar refractivity (Wildman–Crippen MR) is 147 cm³/mol. The maximum Gasteiger partial charge on any atom is 0.263 e. The van der Waals surface area contributed by atoms with Crippen molar-refractivity contribution in [3.05, 3.63) is 112 Å². The van der Waals surface area contributed by atoms with Crippen molar-refractivity contribution in [1.29, 1.82) is 0 Å². The molecule has 3 aromatic carbocycles. The van der Waals surface area contributed by atoms with Crippen molar-refractivity contribution in [1.82, 2.24) is 19.3 Å². The standard InChI is InChI=1S/C30H25N5O2/c1-18-7-3-4-12-24(18)35-22(15-20-9-5-8-19(2)26(20)30(35)37)17-34-25-13-14-32-29(31)27(25)28(33-34)21-10-6-11-23(36)16-21/h3-16,36H,17H2,1-2H3,(H2,31,32). The highest BCUT2D eigenvalue weighted by molar-refractivity contribution is 6.00. The number of para-hydroxylation sites is 1. The van der Waals surface area contributed by atoms with Crippen LogP contribution in [0.4, 0.5) is 5.82 Å². The topological polar surface area (TPSA) is 99.0 Å². The molecule has 6 rings (SSSR count). The van der Waals surface area contributed by atoms with E-state index in [1.54, 1.807) is 29.0 Å². The Morgan fingerprint density at radius 3 is 2.49 bits per heavy atom. The maximum absolute atomic E-state index is 14.0. The van der Waals surface area contributed by atoms with Crippen LogP contribution in [-0.2, 0) is 6.54 Å². The number of benzene rings is 3. The molecule has 3 heterocycles.